The average Bonchev–Trinajstić information content (AvgIpc) is 2.48. The van der Waals surface area contributed by atoms with Crippen LogP contribution in [0.2, 0.25) is 0 Å². The molecule has 1 aromatic carbocycles. The lowest BCUT2D eigenvalue weighted by molar-refractivity contribution is 0.682. The van der Waals surface area contributed by atoms with Gasteiger partial charge in [-0.15, -0.1) is 0 Å². The van der Waals surface area contributed by atoms with Crippen molar-refractivity contribution in [2.45, 2.75) is 32.6 Å². The molecule has 2 aromatic rings. The second kappa shape index (κ2) is 5.49. The monoisotopic (exact) mass is 264 g/mol. The van der Waals surface area contributed by atoms with Crippen LogP contribution in [0.1, 0.15) is 35.2 Å². The zero-order chi connectivity index (χ0) is 13.9. The van der Waals surface area contributed by atoms with Gasteiger partial charge in [-0.05, 0) is 67.5 Å². The molecule has 1 aliphatic rings. The van der Waals surface area contributed by atoms with Crippen molar-refractivity contribution in [2.75, 3.05) is 5.32 Å². The van der Waals surface area contributed by atoms with E-state index in [1.165, 1.54) is 29.5 Å². The van der Waals surface area contributed by atoms with Crippen molar-refractivity contribution in [1.29, 1.82) is 0 Å². The van der Waals surface area contributed by atoms with E-state index < -0.39 is 0 Å². The van der Waals surface area contributed by atoms with Gasteiger partial charge in [-0.25, -0.2) is 0 Å². The van der Waals surface area contributed by atoms with Gasteiger partial charge >= 0.3 is 0 Å². The standard InChI is InChI=1S/C18H20N2/c1-3-17-15-9-4-5-10-16(15)18(12-19-17)20-14-8-6-7-13(2)11-14/h3,6-8,11-12,20H,1,4-5,9-10H2,2H3. The van der Waals surface area contributed by atoms with Gasteiger partial charge in [0.1, 0.15) is 0 Å². The molecule has 0 aliphatic heterocycles. The van der Waals surface area contributed by atoms with E-state index in [1.807, 2.05) is 12.3 Å². The van der Waals surface area contributed by atoms with Crippen molar-refractivity contribution in [3.05, 3.63) is 59.4 Å². The number of anilines is 2. The Morgan fingerprint density at radius 3 is 2.75 bits per heavy atom. The SMILES string of the molecule is C=Cc1ncc(Nc2cccc(C)c2)c2c1CCCC2. The van der Waals surface area contributed by atoms with Gasteiger partial charge in [-0.1, -0.05) is 18.7 Å². The van der Waals surface area contributed by atoms with Crippen molar-refractivity contribution < 1.29 is 0 Å². The van der Waals surface area contributed by atoms with Crippen LogP contribution >= 0.6 is 0 Å². The first-order valence-electron chi connectivity index (χ1n) is 7.25. The minimum absolute atomic E-state index is 1.05. The van der Waals surface area contributed by atoms with E-state index in [2.05, 4.69) is 48.1 Å². The summed E-state index contributed by atoms with van der Waals surface area (Å²) in [6.45, 7) is 5.99. The summed E-state index contributed by atoms with van der Waals surface area (Å²) in [6.07, 6.45) is 8.59. The highest BCUT2D eigenvalue weighted by molar-refractivity contribution is 5.67. The van der Waals surface area contributed by atoms with Crippen LogP contribution in [0.4, 0.5) is 11.4 Å². The Bertz CT molecular complexity index is 644. The van der Waals surface area contributed by atoms with Crippen LogP contribution in [-0.2, 0) is 12.8 Å². The Kier molecular flexibility index (Phi) is 3.55. The van der Waals surface area contributed by atoms with E-state index in [1.54, 1.807) is 0 Å². The minimum Gasteiger partial charge on any atom is -0.354 e. The Balaban J connectivity index is 1.99. The van der Waals surface area contributed by atoms with Crippen LogP contribution in [0.25, 0.3) is 6.08 Å². The molecule has 0 saturated carbocycles. The fourth-order valence-electron chi connectivity index (χ4n) is 2.94. The van der Waals surface area contributed by atoms with Crippen LogP contribution in [0.3, 0.4) is 0 Å². The number of nitrogens with one attached hydrogen (secondary N) is 1. The van der Waals surface area contributed by atoms with Crippen LogP contribution in [0.5, 0.6) is 0 Å². The van der Waals surface area contributed by atoms with E-state index in [9.17, 15) is 0 Å². The lowest BCUT2D eigenvalue weighted by Gasteiger charge is -2.21. The molecule has 1 heterocycles. The molecular formula is C18H20N2. The first-order valence-corrected chi connectivity index (χ1v) is 7.25. The Hall–Kier alpha value is -2.09. The van der Waals surface area contributed by atoms with Crippen LogP contribution < -0.4 is 5.32 Å². The molecule has 0 saturated heterocycles. The Morgan fingerprint density at radius 2 is 2.00 bits per heavy atom. The van der Waals surface area contributed by atoms with Crippen molar-refractivity contribution in [3.63, 3.8) is 0 Å². The predicted molar refractivity (Wildman–Crippen MR) is 85.4 cm³/mol. The van der Waals surface area contributed by atoms with Crippen molar-refractivity contribution in [2.24, 2.45) is 0 Å². The maximum atomic E-state index is 4.55. The van der Waals surface area contributed by atoms with E-state index >= 15 is 0 Å². The molecule has 2 nitrogen and oxygen atoms in total. The summed E-state index contributed by atoms with van der Waals surface area (Å²) in [7, 11) is 0. The van der Waals surface area contributed by atoms with E-state index in [0.717, 1.165) is 29.9 Å². The number of nitrogens with zero attached hydrogens (tertiary/aromatic N) is 1. The summed E-state index contributed by atoms with van der Waals surface area (Å²) in [5.41, 5.74) is 7.39. The van der Waals surface area contributed by atoms with Crippen molar-refractivity contribution in [1.82, 2.24) is 4.98 Å². The van der Waals surface area contributed by atoms with Gasteiger partial charge in [0.25, 0.3) is 0 Å². The van der Waals surface area contributed by atoms with Gasteiger partial charge < -0.3 is 5.32 Å². The maximum absolute atomic E-state index is 4.55. The Labute approximate surface area is 120 Å². The number of aromatic nitrogens is 1. The number of aryl methyl sites for hydroxylation is 1. The first-order chi connectivity index (χ1) is 9.78. The summed E-state index contributed by atoms with van der Waals surface area (Å²) < 4.78 is 0. The summed E-state index contributed by atoms with van der Waals surface area (Å²) >= 11 is 0. The third-order valence-corrected chi connectivity index (χ3v) is 3.93. The predicted octanol–water partition coefficient (Wildman–Crippen LogP) is 4.66. The molecule has 0 spiro atoms. The average molecular weight is 264 g/mol. The molecule has 0 unspecified atom stereocenters. The molecule has 0 radical (unpaired) electrons. The topological polar surface area (TPSA) is 24.9 Å². The van der Waals surface area contributed by atoms with Gasteiger partial charge in [-0.2, -0.15) is 0 Å². The fraction of sp³-hybridized carbons (Fsp3) is 0.278. The number of fused-ring (bicyclic) bond motifs is 1. The van der Waals surface area contributed by atoms with Gasteiger partial charge in [0.15, 0.2) is 0 Å². The molecule has 1 aromatic heterocycles. The lowest BCUT2D eigenvalue weighted by Crippen LogP contribution is -2.09. The molecular weight excluding hydrogens is 244 g/mol. The van der Waals surface area contributed by atoms with E-state index in [-0.39, 0.29) is 0 Å². The lowest BCUT2D eigenvalue weighted by atomic mass is 9.89. The second-order valence-corrected chi connectivity index (χ2v) is 5.42. The number of benzene rings is 1. The van der Waals surface area contributed by atoms with E-state index in [0.29, 0.717) is 0 Å². The molecule has 0 bridgehead atoms. The molecule has 3 rings (SSSR count). The number of rotatable bonds is 3. The summed E-state index contributed by atoms with van der Waals surface area (Å²) in [5, 5.41) is 3.53. The molecule has 2 heteroatoms. The number of hydrogen-bond acceptors (Lipinski definition) is 2. The smallest absolute Gasteiger partial charge is 0.0660 e. The zero-order valence-corrected chi connectivity index (χ0v) is 11.9. The summed E-state index contributed by atoms with van der Waals surface area (Å²) in [5.74, 6) is 0. The highest BCUT2D eigenvalue weighted by atomic mass is 14.9. The highest BCUT2D eigenvalue weighted by Gasteiger charge is 2.17. The van der Waals surface area contributed by atoms with Crippen molar-refractivity contribution >= 4 is 17.5 Å². The molecule has 1 N–H and O–H groups in total. The molecule has 0 fully saturated rings. The summed E-state index contributed by atoms with van der Waals surface area (Å²) in [6, 6.07) is 8.45. The normalized spacial score (nSPS) is 13.7. The quantitative estimate of drug-likeness (QED) is 0.872. The zero-order valence-electron chi connectivity index (χ0n) is 11.9. The van der Waals surface area contributed by atoms with Gasteiger partial charge in [-0.3, -0.25) is 4.98 Å². The number of hydrogen-bond donors (Lipinski definition) is 1. The van der Waals surface area contributed by atoms with Crippen molar-refractivity contribution in [3.8, 4) is 0 Å². The first kappa shape index (κ1) is 12.9. The Morgan fingerprint density at radius 1 is 1.20 bits per heavy atom. The number of pyridine rings is 1. The molecule has 1 aliphatic carbocycles. The minimum atomic E-state index is 1.05. The van der Waals surface area contributed by atoms with Crippen LogP contribution in [0.15, 0.2) is 37.0 Å². The largest absolute Gasteiger partial charge is 0.354 e. The van der Waals surface area contributed by atoms with Crippen LogP contribution in [0, 0.1) is 6.92 Å². The summed E-state index contributed by atoms with van der Waals surface area (Å²) in [4.78, 5) is 4.55. The molecule has 20 heavy (non-hydrogen) atoms. The van der Waals surface area contributed by atoms with Crippen LogP contribution in [-0.4, -0.2) is 4.98 Å². The highest BCUT2D eigenvalue weighted by Crippen LogP contribution is 2.31. The second-order valence-electron chi connectivity index (χ2n) is 5.42. The molecule has 0 amide bonds. The maximum Gasteiger partial charge on any atom is 0.0660 e. The third-order valence-electron chi connectivity index (χ3n) is 3.93. The fourth-order valence-corrected chi connectivity index (χ4v) is 2.94. The van der Waals surface area contributed by atoms with Gasteiger partial charge in [0, 0.05) is 5.69 Å². The molecule has 0 atom stereocenters. The van der Waals surface area contributed by atoms with E-state index in [4.69, 9.17) is 0 Å². The van der Waals surface area contributed by atoms with Gasteiger partial charge in [0.05, 0.1) is 17.6 Å². The van der Waals surface area contributed by atoms with Gasteiger partial charge in [0.2, 0.25) is 0 Å². The third kappa shape index (κ3) is 2.46. The molecule has 102 valence electrons.